The number of ether oxygens (including phenoxy) is 1. The molecule has 0 aromatic carbocycles. The Hall–Kier alpha value is -0.950. The topological polar surface area (TPSA) is 69.4 Å². The highest BCUT2D eigenvalue weighted by Gasteiger charge is 2.20. The molecule has 0 aliphatic carbocycles. The number of carbonyl (C=O) groups excluding carboxylic acids is 1. The molecule has 1 rings (SSSR count). The van der Waals surface area contributed by atoms with Gasteiger partial charge in [-0.05, 0) is 22.0 Å². The largest absolute Gasteiger partial charge is 0.465 e. The number of thiophene rings is 1. The van der Waals surface area contributed by atoms with Crippen LogP contribution in [0.25, 0.3) is 0 Å². The Morgan fingerprint density at radius 1 is 1.60 bits per heavy atom. The third-order valence-corrected chi connectivity index (χ3v) is 3.15. The van der Waals surface area contributed by atoms with Crippen molar-refractivity contribution in [1.82, 2.24) is 0 Å². The van der Waals surface area contributed by atoms with E-state index in [9.17, 15) is 14.9 Å². The van der Waals surface area contributed by atoms with Crippen LogP contribution in [0.5, 0.6) is 0 Å². The van der Waals surface area contributed by atoms with Gasteiger partial charge in [-0.1, -0.05) is 25.2 Å². The van der Waals surface area contributed by atoms with Crippen LogP contribution in [0.1, 0.15) is 23.5 Å². The summed E-state index contributed by atoms with van der Waals surface area (Å²) in [4.78, 5) is 21.0. The predicted molar refractivity (Wildman–Crippen MR) is 61.4 cm³/mol. The maximum atomic E-state index is 10.9. The molecule has 0 amide bonds. The van der Waals surface area contributed by atoms with Gasteiger partial charge in [-0.15, -0.1) is 0 Å². The highest BCUT2D eigenvalue weighted by molar-refractivity contribution is 9.10. The molecule has 1 aromatic heterocycles. The van der Waals surface area contributed by atoms with Gasteiger partial charge in [0.25, 0.3) is 0 Å². The van der Waals surface area contributed by atoms with Crippen LogP contribution >= 0.6 is 27.3 Å². The van der Waals surface area contributed by atoms with Gasteiger partial charge < -0.3 is 4.74 Å². The lowest BCUT2D eigenvalue weighted by molar-refractivity contribution is -0.380. The zero-order valence-corrected chi connectivity index (χ0v) is 10.8. The second-order valence-electron chi connectivity index (χ2n) is 2.01. The second-order valence-corrected chi connectivity index (χ2v) is 3.90. The number of methoxy groups -OCH3 is 1. The molecule has 0 bridgehead atoms. The smallest absolute Gasteiger partial charge is 0.348 e. The van der Waals surface area contributed by atoms with Crippen molar-refractivity contribution < 1.29 is 14.5 Å². The fraction of sp³-hybridized carbons (Fsp3) is 0.375. The van der Waals surface area contributed by atoms with Gasteiger partial charge in [0.2, 0.25) is 0 Å². The first-order valence-corrected chi connectivity index (χ1v) is 5.69. The van der Waals surface area contributed by atoms with Gasteiger partial charge in [0.05, 0.1) is 12.0 Å². The van der Waals surface area contributed by atoms with E-state index in [0.717, 1.165) is 11.3 Å². The number of halogens is 1. The minimum absolute atomic E-state index is 0.0969. The Bertz CT molecular complexity index is 364. The van der Waals surface area contributed by atoms with Gasteiger partial charge in [-0.25, -0.2) is 4.79 Å². The summed E-state index contributed by atoms with van der Waals surface area (Å²) >= 11 is 3.76. The van der Waals surface area contributed by atoms with Crippen LogP contribution in [0.2, 0.25) is 0 Å². The van der Waals surface area contributed by atoms with Crippen molar-refractivity contribution in [3.05, 3.63) is 25.5 Å². The zero-order chi connectivity index (χ0) is 12.0. The summed E-state index contributed by atoms with van der Waals surface area (Å²) in [5.41, 5.74) is 0. The molecule has 84 valence electrons. The molecule has 0 aliphatic heterocycles. The average molecular weight is 296 g/mol. The molecule has 0 saturated heterocycles. The minimum atomic E-state index is -0.571. The SMILES string of the molecule is CC.COC(=O)c1cc(Br)c([N+](=O)[O-])s1. The Labute approximate surface area is 99.3 Å². The zero-order valence-electron chi connectivity index (χ0n) is 8.44. The summed E-state index contributed by atoms with van der Waals surface area (Å²) in [6.07, 6.45) is 0. The van der Waals surface area contributed by atoms with Crippen molar-refractivity contribution in [2.45, 2.75) is 13.8 Å². The molecule has 7 heteroatoms. The Kier molecular flexibility index (Phi) is 6.11. The van der Waals surface area contributed by atoms with Crippen LogP contribution in [0.15, 0.2) is 10.5 Å². The van der Waals surface area contributed by atoms with E-state index < -0.39 is 10.9 Å². The van der Waals surface area contributed by atoms with Crippen LogP contribution in [0, 0.1) is 10.1 Å². The highest BCUT2D eigenvalue weighted by atomic mass is 79.9. The van der Waals surface area contributed by atoms with Crippen molar-refractivity contribution in [2.75, 3.05) is 7.11 Å². The van der Waals surface area contributed by atoms with E-state index in [1.807, 2.05) is 13.8 Å². The molecule has 0 spiro atoms. The van der Waals surface area contributed by atoms with Gasteiger partial charge in [-0.2, -0.15) is 0 Å². The molecule has 0 radical (unpaired) electrons. The second kappa shape index (κ2) is 6.52. The Balaban J connectivity index is 0.000000921. The van der Waals surface area contributed by atoms with Crippen molar-refractivity contribution in [3.63, 3.8) is 0 Å². The first kappa shape index (κ1) is 14.1. The molecule has 0 N–H and O–H groups in total. The number of nitro groups is 1. The summed E-state index contributed by atoms with van der Waals surface area (Å²) < 4.78 is 4.71. The first-order valence-electron chi connectivity index (χ1n) is 4.08. The van der Waals surface area contributed by atoms with Crippen LogP contribution in [0.3, 0.4) is 0 Å². The Morgan fingerprint density at radius 3 is 2.47 bits per heavy atom. The molecular weight excluding hydrogens is 286 g/mol. The standard InChI is InChI=1S/C6H4BrNO4S.C2H6/c1-12-6(9)4-2-3(7)5(13-4)8(10)11;1-2/h2H,1H3;1-2H3. The number of hydrogen-bond donors (Lipinski definition) is 0. The number of nitrogens with zero attached hydrogens (tertiary/aromatic N) is 1. The molecule has 15 heavy (non-hydrogen) atoms. The van der Waals surface area contributed by atoms with Gasteiger partial charge in [-0.3, -0.25) is 10.1 Å². The monoisotopic (exact) mass is 295 g/mol. The van der Waals surface area contributed by atoms with E-state index in [0.29, 0.717) is 4.47 Å². The Morgan fingerprint density at radius 2 is 2.13 bits per heavy atom. The summed E-state index contributed by atoms with van der Waals surface area (Å²) in [5.74, 6) is -0.571. The molecule has 0 aliphatic rings. The highest BCUT2D eigenvalue weighted by Crippen LogP contribution is 2.34. The molecule has 0 saturated carbocycles. The molecule has 5 nitrogen and oxygen atoms in total. The normalized spacial score (nSPS) is 8.80. The van der Waals surface area contributed by atoms with Crippen molar-refractivity contribution in [3.8, 4) is 0 Å². The predicted octanol–water partition coefficient (Wildman–Crippen LogP) is 3.23. The van der Waals surface area contributed by atoms with E-state index in [2.05, 4.69) is 20.7 Å². The fourth-order valence-corrected chi connectivity index (χ4v) is 2.24. The molecule has 1 heterocycles. The maximum Gasteiger partial charge on any atom is 0.348 e. The minimum Gasteiger partial charge on any atom is -0.465 e. The van der Waals surface area contributed by atoms with E-state index in [4.69, 9.17) is 0 Å². The molecule has 1 aromatic rings. The van der Waals surface area contributed by atoms with Gasteiger partial charge in [0.1, 0.15) is 9.35 Å². The lowest BCUT2D eigenvalue weighted by atomic mass is 10.5. The molecule has 0 fully saturated rings. The van der Waals surface area contributed by atoms with E-state index >= 15 is 0 Å². The summed E-state index contributed by atoms with van der Waals surface area (Å²) in [7, 11) is 1.22. The molecule has 0 unspecified atom stereocenters. The molecular formula is C8H10BrNO4S. The van der Waals surface area contributed by atoms with Crippen LogP contribution in [0.4, 0.5) is 5.00 Å². The molecule has 0 atom stereocenters. The summed E-state index contributed by atoms with van der Waals surface area (Å²) in [5, 5.41) is 10.3. The third kappa shape index (κ3) is 3.60. The van der Waals surface area contributed by atoms with Gasteiger partial charge in [0.15, 0.2) is 0 Å². The number of esters is 1. The van der Waals surface area contributed by atoms with Gasteiger partial charge >= 0.3 is 11.0 Å². The summed E-state index contributed by atoms with van der Waals surface area (Å²) in [6.45, 7) is 4.00. The average Bonchev–Trinajstić information content (AvgIpc) is 2.62. The van der Waals surface area contributed by atoms with E-state index in [-0.39, 0.29) is 9.88 Å². The number of carbonyl (C=O) groups is 1. The lowest BCUT2D eigenvalue weighted by Gasteiger charge is -1.90. The van der Waals surface area contributed by atoms with Crippen molar-refractivity contribution in [1.29, 1.82) is 0 Å². The van der Waals surface area contributed by atoms with Crippen LogP contribution < -0.4 is 0 Å². The fourth-order valence-electron chi connectivity index (χ4n) is 0.685. The maximum absolute atomic E-state index is 10.9. The van der Waals surface area contributed by atoms with E-state index in [1.165, 1.54) is 13.2 Å². The quantitative estimate of drug-likeness (QED) is 0.477. The van der Waals surface area contributed by atoms with Gasteiger partial charge in [0, 0.05) is 0 Å². The van der Waals surface area contributed by atoms with E-state index in [1.54, 1.807) is 0 Å². The third-order valence-electron chi connectivity index (χ3n) is 1.22. The number of hydrogen-bond acceptors (Lipinski definition) is 5. The van der Waals surface area contributed by atoms with Crippen molar-refractivity contribution in [2.24, 2.45) is 0 Å². The van der Waals surface area contributed by atoms with Crippen molar-refractivity contribution >= 4 is 38.2 Å². The summed E-state index contributed by atoms with van der Waals surface area (Å²) in [6, 6.07) is 1.37. The lowest BCUT2D eigenvalue weighted by Crippen LogP contribution is -1.96. The van der Waals surface area contributed by atoms with Crippen LogP contribution in [-0.4, -0.2) is 18.0 Å². The number of rotatable bonds is 2. The van der Waals surface area contributed by atoms with Crippen LogP contribution in [-0.2, 0) is 4.74 Å². The first-order chi connectivity index (χ1) is 7.06.